The lowest BCUT2D eigenvalue weighted by Gasteiger charge is -2.14. The number of amides is 1. The number of anilines is 1. The summed E-state index contributed by atoms with van der Waals surface area (Å²) < 4.78 is 16.7. The van der Waals surface area contributed by atoms with E-state index in [-0.39, 0.29) is 23.8 Å². The SMILES string of the molecule is CCOC(=O)COc1c(I)cc(/C=C(\C#N)C(=O)Nc2ccc(Cl)c(Cl)c2)cc1OCC. The lowest BCUT2D eigenvalue weighted by atomic mass is 10.1. The lowest BCUT2D eigenvalue weighted by Crippen LogP contribution is -2.15. The second-order valence-corrected chi connectivity index (χ2v) is 8.09. The van der Waals surface area contributed by atoms with Gasteiger partial charge >= 0.3 is 5.97 Å². The van der Waals surface area contributed by atoms with Crippen molar-refractivity contribution in [2.24, 2.45) is 0 Å². The summed E-state index contributed by atoms with van der Waals surface area (Å²) in [5.41, 5.74) is 0.814. The summed E-state index contributed by atoms with van der Waals surface area (Å²) in [5.74, 6) is -0.365. The highest BCUT2D eigenvalue weighted by Crippen LogP contribution is 2.35. The third-order valence-electron chi connectivity index (χ3n) is 3.82. The number of nitrogens with one attached hydrogen (secondary N) is 1. The number of esters is 1. The summed E-state index contributed by atoms with van der Waals surface area (Å²) in [5, 5.41) is 12.7. The van der Waals surface area contributed by atoms with Crippen LogP contribution in [0.4, 0.5) is 5.69 Å². The smallest absolute Gasteiger partial charge is 0.344 e. The molecule has 0 atom stereocenters. The monoisotopic (exact) mass is 588 g/mol. The van der Waals surface area contributed by atoms with Crippen LogP contribution in [-0.4, -0.2) is 31.7 Å². The number of nitriles is 1. The van der Waals surface area contributed by atoms with Crippen LogP contribution in [0.2, 0.25) is 10.0 Å². The van der Waals surface area contributed by atoms with Crippen LogP contribution in [0.5, 0.6) is 11.5 Å². The summed E-state index contributed by atoms with van der Waals surface area (Å²) >= 11 is 13.9. The number of carbonyl (C=O) groups is 2. The molecule has 168 valence electrons. The summed E-state index contributed by atoms with van der Waals surface area (Å²) in [4.78, 5) is 24.2. The maximum absolute atomic E-state index is 12.6. The van der Waals surface area contributed by atoms with Gasteiger partial charge in [-0.2, -0.15) is 5.26 Å². The van der Waals surface area contributed by atoms with Crippen LogP contribution in [0.1, 0.15) is 19.4 Å². The molecule has 1 amide bonds. The molecular weight excluding hydrogens is 570 g/mol. The number of hydrogen-bond donors (Lipinski definition) is 1. The predicted molar refractivity (Wildman–Crippen MR) is 131 cm³/mol. The highest BCUT2D eigenvalue weighted by Gasteiger charge is 2.16. The third-order valence-corrected chi connectivity index (χ3v) is 5.37. The Balaban J connectivity index is 2.29. The van der Waals surface area contributed by atoms with Crippen molar-refractivity contribution in [1.29, 1.82) is 5.26 Å². The van der Waals surface area contributed by atoms with Crippen molar-refractivity contribution >= 4 is 69.4 Å². The first-order chi connectivity index (χ1) is 15.3. The Kier molecular flexibility index (Phi) is 10.1. The van der Waals surface area contributed by atoms with E-state index in [1.54, 1.807) is 38.1 Å². The van der Waals surface area contributed by atoms with E-state index < -0.39 is 11.9 Å². The first-order valence-electron chi connectivity index (χ1n) is 9.42. The summed E-state index contributed by atoms with van der Waals surface area (Å²) in [7, 11) is 0. The minimum atomic E-state index is -0.610. The average Bonchev–Trinajstić information content (AvgIpc) is 2.74. The molecule has 0 saturated heterocycles. The Labute approximate surface area is 209 Å². The molecule has 1 N–H and O–H groups in total. The minimum absolute atomic E-state index is 0.130. The standard InChI is InChI=1S/C22H19Cl2IN2O5/c1-3-30-19-9-13(8-18(25)21(19)32-12-20(28)31-4-2)7-14(11-26)22(29)27-15-5-6-16(23)17(24)10-15/h5-10H,3-4,12H2,1-2H3,(H,27,29)/b14-7+. The number of ether oxygens (including phenoxy) is 3. The molecular formula is C22H19Cl2IN2O5. The largest absolute Gasteiger partial charge is 0.490 e. The quantitative estimate of drug-likeness (QED) is 0.180. The van der Waals surface area contributed by atoms with Crippen molar-refractivity contribution in [2.75, 3.05) is 25.1 Å². The molecule has 0 spiro atoms. The first kappa shape index (κ1) is 25.8. The Morgan fingerprint density at radius 1 is 1.12 bits per heavy atom. The van der Waals surface area contributed by atoms with E-state index in [0.29, 0.717) is 37.9 Å². The molecule has 0 aromatic heterocycles. The molecule has 2 aromatic rings. The predicted octanol–water partition coefficient (Wildman–Crippen LogP) is 5.48. The molecule has 10 heteroatoms. The van der Waals surface area contributed by atoms with E-state index in [4.69, 9.17) is 37.4 Å². The van der Waals surface area contributed by atoms with Gasteiger partial charge in [-0.05, 0) is 78.4 Å². The van der Waals surface area contributed by atoms with Gasteiger partial charge in [-0.1, -0.05) is 23.2 Å². The summed E-state index contributed by atoms with van der Waals surface area (Å²) in [6.07, 6.45) is 1.42. The molecule has 7 nitrogen and oxygen atoms in total. The average molecular weight is 589 g/mol. The van der Waals surface area contributed by atoms with Gasteiger partial charge in [-0.15, -0.1) is 0 Å². The Morgan fingerprint density at radius 3 is 2.50 bits per heavy atom. The molecule has 0 saturated carbocycles. The van der Waals surface area contributed by atoms with E-state index in [1.807, 2.05) is 28.7 Å². The van der Waals surface area contributed by atoms with Crippen molar-refractivity contribution in [1.82, 2.24) is 0 Å². The van der Waals surface area contributed by atoms with E-state index in [9.17, 15) is 14.9 Å². The van der Waals surface area contributed by atoms with E-state index >= 15 is 0 Å². The van der Waals surface area contributed by atoms with Crippen LogP contribution in [0.15, 0.2) is 35.9 Å². The van der Waals surface area contributed by atoms with Crippen molar-refractivity contribution < 1.29 is 23.8 Å². The fourth-order valence-electron chi connectivity index (χ4n) is 2.50. The van der Waals surface area contributed by atoms with Crippen LogP contribution >= 0.6 is 45.8 Å². The zero-order valence-electron chi connectivity index (χ0n) is 17.2. The molecule has 2 aromatic carbocycles. The molecule has 0 radical (unpaired) electrons. The molecule has 0 heterocycles. The Bertz CT molecular complexity index is 1080. The molecule has 0 aliphatic rings. The van der Waals surface area contributed by atoms with Crippen LogP contribution in [0, 0.1) is 14.9 Å². The lowest BCUT2D eigenvalue weighted by molar-refractivity contribution is -0.145. The maximum Gasteiger partial charge on any atom is 0.344 e. The minimum Gasteiger partial charge on any atom is -0.490 e. The van der Waals surface area contributed by atoms with Crippen LogP contribution in [-0.2, 0) is 14.3 Å². The van der Waals surface area contributed by atoms with Crippen LogP contribution in [0.25, 0.3) is 6.08 Å². The number of nitrogens with zero attached hydrogens (tertiary/aromatic N) is 1. The summed E-state index contributed by atoms with van der Waals surface area (Å²) in [6, 6.07) is 9.82. The second-order valence-electron chi connectivity index (χ2n) is 6.11. The van der Waals surface area contributed by atoms with Gasteiger partial charge in [0.2, 0.25) is 0 Å². The highest BCUT2D eigenvalue weighted by molar-refractivity contribution is 14.1. The fraction of sp³-hybridized carbons (Fsp3) is 0.227. The van der Waals surface area contributed by atoms with Gasteiger partial charge in [-0.3, -0.25) is 4.79 Å². The van der Waals surface area contributed by atoms with Crippen molar-refractivity contribution in [2.45, 2.75) is 13.8 Å². The van der Waals surface area contributed by atoms with E-state index in [2.05, 4.69) is 5.32 Å². The molecule has 2 rings (SSSR count). The van der Waals surface area contributed by atoms with E-state index in [1.165, 1.54) is 12.1 Å². The van der Waals surface area contributed by atoms with Gasteiger partial charge in [0.05, 0.1) is 26.8 Å². The molecule has 0 bridgehead atoms. The fourth-order valence-corrected chi connectivity index (χ4v) is 3.57. The number of halogens is 3. The van der Waals surface area contributed by atoms with Gasteiger partial charge in [0.15, 0.2) is 18.1 Å². The second kappa shape index (κ2) is 12.5. The Morgan fingerprint density at radius 2 is 1.88 bits per heavy atom. The number of rotatable bonds is 9. The maximum atomic E-state index is 12.6. The van der Waals surface area contributed by atoms with Gasteiger partial charge in [0, 0.05) is 5.69 Å². The third kappa shape index (κ3) is 7.29. The zero-order chi connectivity index (χ0) is 23.7. The van der Waals surface area contributed by atoms with E-state index in [0.717, 1.165) is 0 Å². The van der Waals surface area contributed by atoms with Gasteiger partial charge in [-0.25, -0.2) is 4.79 Å². The van der Waals surface area contributed by atoms with Crippen LogP contribution in [0.3, 0.4) is 0 Å². The topological polar surface area (TPSA) is 97.7 Å². The highest BCUT2D eigenvalue weighted by atomic mass is 127. The van der Waals surface area contributed by atoms with Crippen LogP contribution < -0.4 is 14.8 Å². The molecule has 0 unspecified atom stereocenters. The van der Waals surface area contributed by atoms with Crippen molar-refractivity contribution in [3.8, 4) is 17.6 Å². The number of hydrogen-bond acceptors (Lipinski definition) is 6. The van der Waals surface area contributed by atoms with Crippen molar-refractivity contribution in [3.05, 3.63) is 55.1 Å². The molecule has 0 fully saturated rings. The normalized spacial score (nSPS) is 10.8. The number of carbonyl (C=O) groups excluding carboxylic acids is 2. The van der Waals surface area contributed by atoms with Gasteiger partial charge in [0.1, 0.15) is 11.6 Å². The van der Waals surface area contributed by atoms with Gasteiger partial charge < -0.3 is 19.5 Å². The summed E-state index contributed by atoms with van der Waals surface area (Å²) in [6.45, 7) is 3.84. The van der Waals surface area contributed by atoms with Crippen molar-refractivity contribution in [3.63, 3.8) is 0 Å². The Hall–Kier alpha value is -2.48. The first-order valence-corrected chi connectivity index (χ1v) is 11.2. The number of benzene rings is 2. The molecule has 0 aliphatic heterocycles. The molecule has 32 heavy (non-hydrogen) atoms. The van der Waals surface area contributed by atoms with Gasteiger partial charge in [0.25, 0.3) is 5.91 Å². The zero-order valence-corrected chi connectivity index (χ0v) is 20.9. The molecule has 0 aliphatic carbocycles.